The summed E-state index contributed by atoms with van der Waals surface area (Å²) in [5.74, 6) is 0.176. The Morgan fingerprint density at radius 1 is 1.33 bits per heavy atom. The van der Waals surface area contributed by atoms with E-state index in [1.54, 1.807) is 6.07 Å². The second-order valence-corrected chi connectivity index (χ2v) is 5.64. The lowest BCUT2D eigenvalue weighted by molar-refractivity contribution is 0.1000. The topological polar surface area (TPSA) is 49.7 Å². The molecule has 1 saturated heterocycles. The Morgan fingerprint density at radius 3 is 2.72 bits per heavy atom. The van der Waals surface area contributed by atoms with Crippen LogP contribution in [0.2, 0.25) is 0 Å². The third kappa shape index (κ3) is 3.72. The highest BCUT2D eigenvalue weighted by atomic mass is 32.2. The molecule has 1 heterocycles. The fourth-order valence-electron chi connectivity index (χ4n) is 1.94. The first kappa shape index (κ1) is 13.9. The molecule has 18 heavy (non-hydrogen) atoms. The molecule has 0 aromatic heterocycles. The van der Waals surface area contributed by atoms with Gasteiger partial charge < -0.3 is 14.8 Å². The zero-order chi connectivity index (χ0) is 13.0. The molecule has 0 spiro atoms. The summed E-state index contributed by atoms with van der Waals surface area (Å²) in [5.41, 5.74) is 0.857. The Labute approximate surface area is 110 Å². The maximum atomic E-state index is 13.3. The van der Waals surface area contributed by atoms with Gasteiger partial charge in [-0.1, -0.05) is 12.1 Å². The molecule has 6 heteroatoms. The van der Waals surface area contributed by atoms with E-state index >= 15 is 0 Å². The van der Waals surface area contributed by atoms with Gasteiger partial charge in [0.25, 0.3) is 0 Å². The van der Waals surface area contributed by atoms with E-state index in [0.717, 1.165) is 37.4 Å². The fourth-order valence-corrected chi connectivity index (χ4v) is 3.07. The molecule has 3 nitrogen and oxygen atoms in total. The van der Waals surface area contributed by atoms with Gasteiger partial charge >= 0.3 is 7.12 Å². The van der Waals surface area contributed by atoms with Crippen LogP contribution in [0.15, 0.2) is 18.2 Å². The lowest BCUT2D eigenvalue weighted by Crippen LogP contribution is -2.33. The molecular weight excluding hydrogens is 254 g/mol. The largest absolute Gasteiger partial charge is 0.491 e. The molecule has 2 N–H and O–H groups in total. The van der Waals surface area contributed by atoms with Crippen LogP contribution in [0, 0.1) is 5.82 Å². The van der Waals surface area contributed by atoms with E-state index < -0.39 is 12.9 Å². The molecule has 1 aliphatic rings. The van der Waals surface area contributed by atoms with Crippen LogP contribution in [0.25, 0.3) is 0 Å². The average molecular weight is 270 g/mol. The second-order valence-electron chi connectivity index (χ2n) is 4.35. The Morgan fingerprint density at radius 2 is 2.06 bits per heavy atom. The van der Waals surface area contributed by atoms with Crippen molar-refractivity contribution in [2.45, 2.75) is 23.8 Å². The third-order valence-electron chi connectivity index (χ3n) is 2.99. The maximum absolute atomic E-state index is 13.3. The highest BCUT2D eigenvalue weighted by Gasteiger charge is 2.18. The molecule has 1 fully saturated rings. The molecule has 0 radical (unpaired) electrons. The maximum Gasteiger partial charge on any atom is 0.491 e. The van der Waals surface area contributed by atoms with Crippen LogP contribution in [-0.4, -0.2) is 35.6 Å². The van der Waals surface area contributed by atoms with E-state index in [9.17, 15) is 4.39 Å². The van der Waals surface area contributed by atoms with Crippen molar-refractivity contribution in [3.63, 3.8) is 0 Å². The fraction of sp³-hybridized carbons (Fsp3) is 0.500. The second kappa shape index (κ2) is 6.56. The first-order valence-electron chi connectivity index (χ1n) is 6.00. The van der Waals surface area contributed by atoms with Crippen molar-refractivity contribution in [3.05, 3.63) is 29.6 Å². The molecule has 98 valence electrons. The van der Waals surface area contributed by atoms with Crippen LogP contribution in [0.1, 0.15) is 18.4 Å². The van der Waals surface area contributed by atoms with Crippen molar-refractivity contribution >= 4 is 24.3 Å². The lowest BCUT2D eigenvalue weighted by Gasteiger charge is -2.21. The molecular formula is C12H16BFO3S. The van der Waals surface area contributed by atoms with Crippen LogP contribution in [0.3, 0.4) is 0 Å². The first-order chi connectivity index (χ1) is 8.66. The van der Waals surface area contributed by atoms with E-state index in [-0.39, 0.29) is 5.46 Å². The van der Waals surface area contributed by atoms with E-state index in [1.807, 2.05) is 11.8 Å². The molecule has 2 rings (SSSR count). The molecule has 0 bridgehead atoms. The summed E-state index contributed by atoms with van der Waals surface area (Å²) in [6.07, 6.45) is 2.09. The summed E-state index contributed by atoms with van der Waals surface area (Å²) in [6, 6.07) is 4.49. The van der Waals surface area contributed by atoms with Crippen molar-refractivity contribution in [1.82, 2.24) is 0 Å². The minimum absolute atomic E-state index is 0.0555. The quantitative estimate of drug-likeness (QED) is 0.799. The Bertz CT molecular complexity index is 397. The predicted octanol–water partition coefficient (Wildman–Crippen LogP) is 0.918. The molecule has 0 atom stereocenters. The number of hydrogen-bond donors (Lipinski definition) is 2. The minimum atomic E-state index is -1.75. The van der Waals surface area contributed by atoms with Gasteiger partial charge in [-0.05, 0) is 24.5 Å². The van der Waals surface area contributed by atoms with Gasteiger partial charge in [-0.25, -0.2) is 4.39 Å². The predicted molar refractivity (Wildman–Crippen MR) is 71.4 cm³/mol. The van der Waals surface area contributed by atoms with Gasteiger partial charge in [-0.2, -0.15) is 11.8 Å². The van der Waals surface area contributed by atoms with Crippen LogP contribution in [0.5, 0.6) is 0 Å². The summed E-state index contributed by atoms with van der Waals surface area (Å²) in [6.45, 7) is 1.61. The average Bonchev–Trinajstić information content (AvgIpc) is 2.38. The van der Waals surface area contributed by atoms with Gasteiger partial charge in [0.1, 0.15) is 5.82 Å². The standard InChI is InChI=1S/C12H16BFO3S/c14-12-2-1-9(7-11(12)13(15)16)8-18-10-3-5-17-6-4-10/h1-2,7,10,15-16H,3-6,8H2. The molecule has 1 aliphatic heterocycles. The van der Waals surface area contributed by atoms with Crippen molar-refractivity contribution in [2.24, 2.45) is 0 Å². The van der Waals surface area contributed by atoms with Crippen molar-refractivity contribution in [1.29, 1.82) is 0 Å². The summed E-state index contributed by atoms with van der Waals surface area (Å²) in [7, 11) is -1.75. The molecule has 0 saturated carbocycles. The summed E-state index contributed by atoms with van der Waals surface area (Å²) < 4.78 is 18.6. The minimum Gasteiger partial charge on any atom is -0.423 e. The van der Waals surface area contributed by atoms with E-state index in [0.29, 0.717) is 5.25 Å². The monoisotopic (exact) mass is 270 g/mol. The van der Waals surface area contributed by atoms with Gasteiger partial charge in [0.05, 0.1) is 0 Å². The number of rotatable bonds is 4. The normalized spacial score (nSPS) is 16.8. The van der Waals surface area contributed by atoms with E-state index in [4.69, 9.17) is 14.8 Å². The SMILES string of the molecule is OB(O)c1cc(CSC2CCOCC2)ccc1F. The Kier molecular flexibility index (Phi) is 5.06. The van der Waals surface area contributed by atoms with Gasteiger partial charge in [0, 0.05) is 29.7 Å². The number of benzene rings is 1. The van der Waals surface area contributed by atoms with E-state index in [1.165, 1.54) is 12.1 Å². The van der Waals surface area contributed by atoms with E-state index in [2.05, 4.69) is 0 Å². The van der Waals surface area contributed by atoms with Gasteiger partial charge in [-0.3, -0.25) is 0 Å². The number of halogens is 1. The van der Waals surface area contributed by atoms with Crippen LogP contribution in [0.4, 0.5) is 4.39 Å². The van der Waals surface area contributed by atoms with Gasteiger partial charge in [-0.15, -0.1) is 0 Å². The third-order valence-corrected chi connectivity index (χ3v) is 4.44. The van der Waals surface area contributed by atoms with Gasteiger partial charge in [0.2, 0.25) is 0 Å². The summed E-state index contributed by atoms with van der Waals surface area (Å²) in [4.78, 5) is 0. The van der Waals surface area contributed by atoms with Crippen LogP contribution < -0.4 is 5.46 Å². The van der Waals surface area contributed by atoms with Crippen molar-refractivity contribution < 1.29 is 19.2 Å². The summed E-state index contributed by atoms with van der Waals surface area (Å²) >= 11 is 1.81. The highest BCUT2D eigenvalue weighted by Crippen LogP contribution is 2.25. The molecule has 1 aromatic carbocycles. The molecule has 0 amide bonds. The van der Waals surface area contributed by atoms with Gasteiger partial charge in [0.15, 0.2) is 0 Å². The lowest BCUT2D eigenvalue weighted by atomic mass is 9.79. The Hall–Kier alpha value is -0.555. The molecule has 0 aliphatic carbocycles. The van der Waals surface area contributed by atoms with Crippen LogP contribution in [-0.2, 0) is 10.5 Å². The van der Waals surface area contributed by atoms with Crippen molar-refractivity contribution in [3.8, 4) is 0 Å². The smallest absolute Gasteiger partial charge is 0.423 e. The first-order valence-corrected chi connectivity index (χ1v) is 7.05. The number of hydrogen-bond acceptors (Lipinski definition) is 4. The van der Waals surface area contributed by atoms with Crippen LogP contribution >= 0.6 is 11.8 Å². The Balaban J connectivity index is 1.94. The summed E-state index contributed by atoms with van der Waals surface area (Å²) in [5, 5.41) is 18.7. The molecule has 1 aromatic rings. The van der Waals surface area contributed by atoms with Crippen molar-refractivity contribution in [2.75, 3.05) is 13.2 Å². The number of ether oxygens (including phenoxy) is 1. The highest BCUT2D eigenvalue weighted by molar-refractivity contribution is 7.99. The zero-order valence-corrected chi connectivity index (χ0v) is 10.8. The molecule has 0 unspecified atom stereocenters. The zero-order valence-electron chi connectivity index (χ0n) is 10.0. The number of thioether (sulfide) groups is 1.